The summed E-state index contributed by atoms with van der Waals surface area (Å²) in [6.07, 6.45) is -0.412. The van der Waals surface area contributed by atoms with Crippen LogP contribution in [0.4, 0.5) is 0 Å². The molecule has 4 heteroatoms. The first-order valence-electron chi connectivity index (χ1n) is 2.77. The lowest BCUT2D eigenvalue weighted by atomic mass is 10.8. The number of aromatic nitrogens is 2. The molecule has 0 amide bonds. The van der Waals surface area contributed by atoms with E-state index < -0.39 is 0 Å². The van der Waals surface area contributed by atoms with Crippen molar-refractivity contribution in [2.45, 2.75) is 0 Å². The summed E-state index contributed by atoms with van der Waals surface area (Å²) in [5.74, 6) is 0. The van der Waals surface area contributed by atoms with E-state index in [4.69, 9.17) is 25.9 Å². The Morgan fingerprint density at radius 3 is 2.00 bits per heavy atom. The highest BCUT2D eigenvalue weighted by Crippen LogP contribution is 2.04. The number of hydrogen-bond donors (Lipinski definition) is 0. The van der Waals surface area contributed by atoms with Gasteiger partial charge >= 0.3 is 0 Å². The Balaban J connectivity index is 3.28. The molecule has 0 aliphatic carbocycles. The van der Waals surface area contributed by atoms with E-state index in [-0.39, 0.29) is 22.7 Å². The van der Waals surface area contributed by atoms with Gasteiger partial charge in [-0.15, -0.1) is 0 Å². The summed E-state index contributed by atoms with van der Waals surface area (Å²) in [5.41, 5.74) is 0. The van der Waals surface area contributed by atoms with Crippen molar-refractivity contribution in [3.8, 4) is 0 Å². The Morgan fingerprint density at radius 1 is 1.25 bits per heavy atom. The van der Waals surface area contributed by atoms with Gasteiger partial charge in [0.2, 0.25) is 0 Å². The van der Waals surface area contributed by atoms with Crippen LogP contribution in [0, 0.1) is 0 Å². The van der Waals surface area contributed by atoms with E-state index in [9.17, 15) is 0 Å². The molecular weight excluding hydrogens is 147 g/mol. The maximum absolute atomic E-state index is 6.98. The number of hydrogen-bond acceptors (Lipinski definition) is 2. The molecule has 1 rings (SSSR count). The average molecular weight is 151 g/mol. The highest BCUT2D eigenvalue weighted by molar-refractivity contribution is 6.30. The van der Waals surface area contributed by atoms with Crippen LogP contribution in [0.1, 0.15) is 2.74 Å². The van der Waals surface area contributed by atoms with Gasteiger partial charge < -0.3 is 0 Å². The second-order valence-corrected chi connectivity index (χ2v) is 1.74. The molecule has 0 atom stereocenters. The molecule has 0 fully saturated rings. The van der Waals surface area contributed by atoms with E-state index in [0.29, 0.717) is 0 Å². The Morgan fingerprint density at radius 2 is 1.62 bits per heavy atom. The Kier molecular flexibility index (Phi) is 1.04. The van der Waals surface area contributed by atoms with Crippen molar-refractivity contribution in [2.75, 3.05) is 0 Å². The van der Waals surface area contributed by atoms with Crippen LogP contribution in [0.2, 0.25) is 10.3 Å². The first-order chi connectivity index (χ1) is 4.61. The summed E-state index contributed by atoms with van der Waals surface area (Å²) in [4.78, 5) is 6.85. The van der Waals surface area contributed by atoms with Gasteiger partial charge in [-0.1, -0.05) is 23.2 Å². The smallest absolute Gasteiger partial charge is 0.147 e. The molecule has 0 aliphatic heterocycles. The molecule has 8 heavy (non-hydrogen) atoms. The third-order valence-corrected chi connectivity index (χ3v) is 0.831. The zero-order valence-corrected chi connectivity index (χ0v) is 5.16. The van der Waals surface area contributed by atoms with Gasteiger partial charge in [0, 0.05) is 0 Å². The highest BCUT2D eigenvalue weighted by atomic mass is 35.5. The molecule has 42 valence electrons. The monoisotopic (exact) mass is 150 g/mol. The summed E-state index contributed by atoms with van der Waals surface area (Å²) in [5, 5.41) is -0.205. The fourth-order valence-electron chi connectivity index (χ4n) is 0.240. The molecule has 0 spiro atoms. The van der Waals surface area contributed by atoms with Crippen molar-refractivity contribution in [1.29, 1.82) is 0 Å². The molecule has 0 aliphatic rings. The van der Waals surface area contributed by atoms with E-state index in [2.05, 4.69) is 9.97 Å². The van der Waals surface area contributed by atoms with Gasteiger partial charge in [-0.05, 0) is 0 Å². The van der Waals surface area contributed by atoms with Crippen LogP contribution in [0.5, 0.6) is 0 Å². The molecule has 1 heterocycles. The summed E-state index contributed by atoms with van der Waals surface area (Å²) in [6.45, 7) is 0. The predicted molar refractivity (Wildman–Crippen MR) is 32.1 cm³/mol. The zero-order valence-electron chi connectivity index (χ0n) is 5.65. The molecule has 0 unspecified atom stereocenters. The Bertz CT molecular complexity index is 215. The fourth-order valence-corrected chi connectivity index (χ4v) is 0.409. The molecule has 0 N–H and O–H groups in total. The second-order valence-electron chi connectivity index (χ2n) is 1.03. The van der Waals surface area contributed by atoms with Crippen LogP contribution in [-0.4, -0.2) is 9.97 Å². The van der Waals surface area contributed by atoms with Gasteiger partial charge in [0.25, 0.3) is 0 Å². The third kappa shape index (κ3) is 1.32. The number of rotatable bonds is 0. The minimum absolute atomic E-state index is 0.102. The lowest BCUT2D eigenvalue weighted by Gasteiger charge is -1.84. The van der Waals surface area contributed by atoms with Gasteiger partial charge in [0.1, 0.15) is 10.3 Å². The fraction of sp³-hybridized carbons (Fsp3) is 0. The molecule has 0 radical (unpaired) electrons. The molecule has 0 bridgehead atoms. The van der Waals surface area contributed by atoms with Crippen LogP contribution >= 0.6 is 23.2 Å². The van der Waals surface area contributed by atoms with Gasteiger partial charge in [-0.25, -0.2) is 9.97 Å². The van der Waals surface area contributed by atoms with E-state index in [1.807, 2.05) is 0 Å². The largest absolute Gasteiger partial charge is 0.240 e. The molecule has 0 saturated carbocycles. The van der Waals surface area contributed by atoms with Crippen molar-refractivity contribution < 1.29 is 2.74 Å². The van der Waals surface area contributed by atoms with E-state index >= 15 is 0 Å². The van der Waals surface area contributed by atoms with Crippen molar-refractivity contribution in [2.24, 2.45) is 0 Å². The lowest BCUT2D eigenvalue weighted by Crippen LogP contribution is -1.76. The van der Waals surface area contributed by atoms with Crippen LogP contribution in [-0.2, 0) is 0 Å². The zero-order chi connectivity index (χ0) is 7.72. The highest BCUT2D eigenvalue weighted by Gasteiger charge is 1.86. The van der Waals surface area contributed by atoms with Crippen molar-refractivity contribution >= 4 is 23.2 Å². The average Bonchev–Trinajstić information content (AvgIpc) is 1.84. The van der Waals surface area contributed by atoms with Crippen molar-refractivity contribution in [3.63, 3.8) is 0 Å². The van der Waals surface area contributed by atoms with E-state index in [1.54, 1.807) is 0 Å². The predicted octanol–water partition coefficient (Wildman–Crippen LogP) is 1.78. The maximum Gasteiger partial charge on any atom is 0.147 e. The molecule has 1 aromatic heterocycles. The van der Waals surface area contributed by atoms with E-state index in [0.717, 1.165) is 0 Å². The Hall–Kier alpha value is -0.340. The summed E-state index contributed by atoms with van der Waals surface area (Å²) >= 11 is 10.7. The molecule has 1 aromatic rings. The molecule has 0 aromatic carbocycles. The van der Waals surface area contributed by atoms with Crippen molar-refractivity contribution in [3.05, 3.63) is 22.7 Å². The SMILES string of the molecule is [2H]c1nc(Cl)c([2H])nc1Cl. The topological polar surface area (TPSA) is 25.8 Å². The van der Waals surface area contributed by atoms with E-state index in [1.165, 1.54) is 0 Å². The summed E-state index contributed by atoms with van der Waals surface area (Å²) in [7, 11) is 0. The van der Waals surface area contributed by atoms with Crippen LogP contribution < -0.4 is 0 Å². The van der Waals surface area contributed by atoms with Crippen LogP contribution in [0.25, 0.3) is 0 Å². The number of halogens is 2. The second kappa shape index (κ2) is 2.29. The Labute approximate surface area is 59.3 Å². The number of nitrogens with zero attached hydrogens (tertiary/aromatic N) is 2. The van der Waals surface area contributed by atoms with Gasteiger partial charge in [-0.2, -0.15) is 0 Å². The van der Waals surface area contributed by atoms with Crippen LogP contribution in [0.3, 0.4) is 0 Å². The summed E-state index contributed by atoms with van der Waals surface area (Å²) < 4.78 is 14.0. The maximum atomic E-state index is 6.98. The van der Waals surface area contributed by atoms with Gasteiger partial charge in [0.15, 0.2) is 0 Å². The lowest BCUT2D eigenvalue weighted by molar-refractivity contribution is 1.20. The standard InChI is InChI=1S/C4H2Cl2N2/c5-3-1-7-4(6)2-8-3/h1-2H/i1D,2D. The van der Waals surface area contributed by atoms with Crippen LogP contribution in [0.15, 0.2) is 12.3 Å². The first-order valence-corrected chi connectivity index (χ1v) is 2.53. The quantitative estimate of drug-likeness (QED) is 0.564. The van der Waals surface area contributed by atoms with Crippen molar-refractivity contribution in [1.82, 2.24) is 9.97 Å². The molecule has 0 saturated heterocycles. The normalized spacial score (nSPS) is 12.8. The third-order valence-electron chi connectivity index (χ3n) is 0.493. The summed E-state index contributed by atoms with van der Waals surface area (Å²) in [6, 6.07) is 0. The van der Waals surface area contributed by atoms with Gasteiger partial charge in [-0.3, -0.25) is 0 Å². The molecule has 2 nitrogen and oxygen atoms in total. The molecular formula is C4H2Cl2N2. The minimum Gasteiger partial charge on any atom is -0.240 e. The van der Waals surface area contributed by atoms with Gasteiger partial charge in [0.05, 0.1) is 15.1 Å². The minimum atomic E-state index is -0.206. The first kappa shape index (κ1) is 3.64.